The third kappa shape index (κ3) is 5.94. The fourth-order valence-electron chi connectivity index (χ4n) is 1.28. The van der Waals surface area contributed by atoms with E-state index in [1.165, 1.54) is 6.42 Å². The molecule has 0 aromatic rings. The van der Waals surface area contributed by atoms with Gasteiger partial charge < -0.3 is 16.8 Å². The molecular formula is C10H23N3O. The molecule has 0 saturated carbocycles. The van der Waals surface area contributed by atoms with Gasteiger partial charge in [0.25, 0.3) is 0 Å². The van der Waals surface area contributed by atoms with Gasteiger partial charge in [0, 0.05) is 12.6 Å². The lowest BCUT2D eigenvalue weighted by Crippen LogP contribution is -2.46. The summed E-state index contributed by atoms with van der Waals surface area (Å²) < 4.78 is 0. The average Bonchev–Trinajstić information content (AvgIpc) is 2.13. The van der Waals surface area contributed by atoms with Crippen LogP contribution in [0.3, 0.4) is 0 Å². The van der Waals surface area contributed by atoms with Gasteiger partial charge in [0.15, 0.2) is 0 Å². The third-order valence-corrected chi connectivity index (χ3v) is 2.50. The van der Waals surface area contributed by atoms with Crippen LogP contribution in [-0.2, 0) is 4.79 Å². The van der Waals surface area contributed by atoms with E-state index in [2.05, 4.69) is 26.1 Å². The van der Waals surface area contributed by atoms with Crippen molar-refractivity contribution in [3.8, 4) is 0 Å². The van der Waals surface area contributed by atoms with Crippen molar-refractivity contribution >= 4 is 5.91 Å². The summed E-state index contributed by atoms with van der Waals surface area (Å²) in [5.74, 6) is 0.246. The van der Waals surface area contributed by atoms with E-state index in [9.17, 15) is 4.79 Å². The van der Waals surface area contributed by atoms with Crippen LogP contribution in [0.2, 0.25) is 0 Å². The van der Waals surface area contributed by atoms with Gasteiger partial charge in [-0.25, -0.2) is 0 Å². The van der Waals surface area contributed by atoms with Gasteiger partial charge in [-0.05, 0) is 19.3 Å². The molecule has 5 N–H and O–H groups in total. The molecule has 0 aliphatic rings. The van der Waals surface area contributed by atoms with E-state index < -0.39 is 11.9 Å². The molecule has 0 spiro atoms. The first-order valence-electron chi connectivity index (χ1n) is 5.25. The Kier molecular flexibility index (Phi) is 6.49. The highest BCUT2D eigenvalue weighted by molar-refractivity contribution is 5.79. The summed E-state index contributed by atoms with van der Waals surface area (Å²) in [6, 6.07) is -0.190. The molecular weight excluding hydrogens is 178 g/mol. The molecule has 0 bridgehead atoms. The van der Waals surface area contributed by atoms with Gasteiger partial charge in [0.05, 0.1) is 6.04 Å². The van der Waals surface area contributed by atoms with E-state index in [0.29, 0.717) is 18.5 Å². The lowest BCUT2D eigenvalue weighted by Gasteiger charge is -2.18. The monoisotopic (exact) mass is 201 g/mol. The number of amides is 1. The zero-order chi connectivity index (χ0) is 11.1. The van der Waals surface area contributed by atoms with Crippen molar-refractivity contribution in [1.29, 1.82) is 0 Å². The van der Waals surface area contributed by atoms with Crippen molar-refractivity contribution in [1.82, 2.24) is 5.32 Å². The van der Waals surface area contributed by atoms with E-state index in [0.717, 1.165) is 6.42 Å². The molecule has 3 unspecified atom stereocenters. The number of rotatable bonds is 7. The molecule has 1 amide bonds. The Labute approximate surface area is 86.4 Å². The number of hydrogen-bond acceptors (Lipinski definition) is 3. The quantitative estimate of drug-likeness (QED) is 0.551. The van der Waals surface area contributed by atoms with Crippen LogP contribution in [0.5, 0.6) is 0 Å². The fourth-order valence-corrected chi connectivity index (χ4v) is 1.28. The smallest absolute Gasteiger partial charge is 0.235 e. The molecule has 0 aliphatic heterocycles. The predicted molar refractivity (Wildman–Crippen MR) is 58.7 cm³/mol. The maximum atomic E-state index is 10.6. The number of hydrogen-bond donors (Lipinski definition) is 3. The van der Waals surface area contributed by atoms with Gasteiger partial charge >= 0.3 is 0 Å². The van der Waals surface area contributed by atoms with Crippen LogP contribution in [0, 0.1) is 5.92 Å². The summed E-state index contributed by atoms with van der Waals surface area (Å²) >= 11 is 0. The number of nitrogens with two attached hydrogens (primary N) is 2. The highest BCUT2D eigenvalue weighted by atomic mass is 16.1. The van der Waals surface area contributed by atoms with Crippen LogP contribution in [0.25, 0.3) is 0 Å². The van der Waals surface area contributed by atoms with Gasteiger partial charge in [-0.2, -0.15) is 0 Å². The van der Waals surface area contributed by atoms with Crippen LogP contribution in [0.4, 0.5) is 0 Å². The van der Waals surface area contributed by atoms with Crippen molar-refractivity contribution in [2.24, 2.45) is 17.4 Å². The zero-order valence-electron chi connectivity index (χ0n) is 9.42. The summed E-state index contributed by atoms with van der Waals surface area (Å²) in [5, 5.41) is 3.20. The molecule has 14 heavy (non-hydrogen) atoms. The van der Waals surface area contributed by atoms with E-state index in [-0.39, 0.29) is 0 Å². The minimum absolute atomic E-state index is 0.385. The molecule has 0 fully saturated rings. The van der Waals surface area contributed by atoms with Crippen molar-refractivity contribution < 1.29 is 4.79 Å². The summed E-state index contributed by atoms with van der Waals surface area (Å²) in [5.41, 5.74) is 10.5. The summed E-state index contributed by atoms with van der Waals surface area (Å²) in [4.78, 5) is 10.6. The normalized spacial score (nSPS) is 17.4. The first-order valence-corrected chi connectivity index (χ1v) is 5.25. The van der Waals surface area contributed by atoms with Crippen molar-refractivity contribution in [2.45, 2.75) is 45.7 Å². The van der Waals surface area contributed by atoms with Gasteiger partial charge in [0.1, 0.15) is 0 Å². The predicted octanol–water partition coefficient (Wildman–Crippen LogP) is 0.213. The molecule has 0 radical (unpaired) electrons. The van der Waals surface area contributed by atoms with Gasteiger partial charge in [-0.3, -0.25) is 4.79 Å². The molecule has 0 heterocycles. The Morgan fingerprint density at radius 2 is 2.00 bits per heavy atom. The Hall–Kier alpha value is -0.610. The number of carbonyl (C=O) groups excluding carboxylic acids is 1. The second-order valence-electron chi connectivity index (χ2n) is 4.07. The standard InChI is InChI=1S/C10H23N3O/c1-4-7(2)5-8(3)13-6-9(11)10(12)14/h7-9,13H,4-6,11H2,1-3H3,(H2,12,14). The molecule has 0 saturated heterocycles. The molecule has 3 atom stereocenters. The lowest BCUT2D eigenvalue weighted by molar-refractivity contribution is -0.119. The van der Waals surface area contributed by atoms with Crippen molar-refractivity contribution in [2.75, 3.05) is 6.54 Å². The van der Waals surface area contributed by atoms with Gasteiger partial charge in [-0.1, -0.05) is 20.3 Å². The molecule has 0 aromatic carbocycles. The minimum Gasteiger partial charge on any atom is -0.368 e. The van der Waals surface area contributed by atoms with E-state index in [4.69, 9.17) is 11.5 Å². The Balaban J connectivity index is 3.63. The highest BCUT2D eigenvalue weighted by Crippen LogP contribution is 2.08. The Morgan fingerprint density at radius 1 is 1.43 bits per heavy atom. The lowest BCUT2D eigenvalue weighted by atomic mass is 10.0. The minimum atomic E-state index is -0.575. The number of nitrogens with one attached hydrogen (secondary N) is 1. The largest absolute Gasteiger partial charge is 0.368 e. The van der Waals surface area contributed by atoms with Gasteiger partial charge in [-0.15, -0.1) is 0 Å². The topological polar surface area (TPSA) is 81.1 Å². The van der Waals surface area contributed by atoms with Crippen molar-refractivity contribution in [3.05, 3.63) is 0 Å². The summed E-state index contributed by atoms with van der Waals surface area (Å²) in [6.45, 7) is 6.95. The van der Waals surface area contributed by atoms with Crippen LogP contribution in [-0.4, -0.2) is 24.5 Å². The first kappa shape index (κ1) is 13.4. The van der Waals surface area contributed by atoms with E-state index >= 15 is 0 Å². The molecule has 4 heteroatoms. The van der Waals surface area contributed by atoms with E-state index in [1.807, 2.05) is 0 Å². The van der Waals surface area contributed by atoms with Crippen molar-refractivity contribution in [3.63, 3.8) is 0 Å². The third-order valence-electron chi connectivity index (χ3n) is 2.50. The Morgan fingerprint density at radius 3 is 2.43 bits per heavy atom. The molecule has 0 aliphatic carbocycles. The summed E-state index contributed by atoms with van der Waals surface area (Å²) in [7, 11) is 0. The van der Waals surface area contributed by atoms with Gasteiger partial charge in [0.2, 0.25) is 5.91 Å². The average molecular weight is 201 g/mol. The number of carbonyl (C=O) groups is 1. The maximum Gasteiger partial charge on any atom is 0.235 e. The Bertz CT molecular complexity index is 173. The molecule has 4 nitrogen and oxygen atoms in total. The fraction of sp³-hybridized carbons (Fsp3) is 0.900. The molecule has 84 valence electrons. The SMILES string of the molecule is CCC(C)CC(C)NCC(N)C(N)=O. The van der Waals surface area contributed by atoms with E-state index in [1.54, 1.807) is 0 Å². The number of primary amides is 1. The van der Waals surface area contributed by atoms with Crippen LogP contribution < -0.4 is 16.8 Å². The molecule has 0 rings (SSSR count). The van der Waals surface area contributed by atoms with Crippen LogP contribution in [0.1, 0.15) is 33.6 Å². The maximum absolute atomic E-state index is 10.6. The summed E-state index contributed by atoms with van der Waals surface area (Å²) in [6.07, 6.45) is 2.27. The second-order valence-corrected chi connectivity index (χ2v) is 4.07. The first-order chi connectivity index (χ1) is 6.47. The zero-order valence-corrected chi connectivity index (χ0v) is 9.42. The van der Waals surface area contributed by atoms with Crippen LogP contribution >= 0.6 is 0 Å². The highest BCUT2D eigenvalue weighted by Gasteiger charge is 2.11. The van der Waals surface area contributed by atoms with Crippen LogP contribution in [0.15, 0.2) is 0 Å². The second kappa shape index (κ2) is 6.79. The molecule has 0 aromatic heterocycles.